The van der Waals surface area contributed by atoms with Crippen molar-refractivity contribution in [1.82, 2.24) is 9.88 Å². The Morgan fingerprint density at radius 3 is 2.23 bits per heavy atom. The monoisotopic (exact) mass is 306 g/mol. The minimum absolute atomic E-state index is 0.00781. The number of H-pyrrole nitrogens is 1. The van der Waals surface area contributed by atoms with E-state index in [1.807, 2.05) is 34.6 Å². The maximum atomic E-state index is 12.8. The van der Waals surface area contributed by atoms with Crippen LogP contribution >= 0.6 is 0 Å². The Morgan fingerprint density at radius 1 is 1.23 bits per heavy atom. The lowest BCUT2D eigenvalue weighted by atomic mass is 10.0. The zero-order valence-corrected chi connectivity index (χ0v) is 14.3. The number of rotatable bonds is 4. The van der Waals surface area contributed by atoms with Crippen molar-refractivity contribution < 1.29 is 14.3 Å². The van der Waals surface area contributed by atoms with Gasteiger partial charge in [0.15, 0.2) is 11.6 Å². The first-order valence-electron chi connectivity index (χ1n) is 7.86. The fraction of sp³-hybridized carbons (Fsp3) is 0.647. The third-order valence-electron chi connectivity index (χ3n) is 4.41. The van der Waals surface area contributed by atoms with Crippen LogP contribution in [0.2, 0.25) is 0 Å². The number of aryl methyl sites for hydroxylation is 1. The molecule has 3 unspecified atom stereocenters. The molecule has 0 saturated carbocycles. The molecule has 122 valence electrons. The fourth-order valence-electron chi connectivity index (χ4n) is 3.43. The molecule has 2 rings (SSSR count). The summed E-state index contributed by atoms with van der Waals surface area (Å²) in [6, 6.07) is -0.231. The van der Waals surface area contributed by atoms with E-state index in [1.54, 1.807) is 0 Å². The van der Waals surface area contributed by atoms with E-state index in [0.717, 1.165) is 24.3 Å². The summed E-state index contributed by atoms with van der Waals surface area (Å²) in [5.74, 6) is 0.0287. The molecule has 1 aliphatic rings. The van der Waals surface area contributed by atoms with Crippen LogP contribution in [0.3, 0.4) is 0 Å². The smallest absolute Gasteiger partial charge is 0.196 e. The van der Waals surface area contributed by atoms with E-state index in [1.165, 1.54) is 6.92 Å². The average molecular weight is 306 g/mol. The van der Waals surface area contributed by atoms with E-state index < -0.39 is 0 Å². The van der Waals surface area contributed by atoms with Gasteiger partial charge in [-0.1, -0.05) is 0 Å². The van der Waals surface area contributed by atoms with Crippen molar-refractivity contribution >= 4 is 11.6 Å². The quantitative estimate of drug-likeness (QED) is 0.868. The summed E-state index contributed by atoms with van der Waals surface area (Å²) in [6.45, 7) is 12.7. The fourth-order valence-corrected chi connectivity index (χ4v) is 3.43. The van der Waals surface area contributed by atoms with Gasteiger partial charge in [-0.3, -0.25) is 14.5 Å². The number of hydrogen-bond acceptors (Lipinski definition) is 4. The largest absolute Gasteiger partial charge is 0.373 e. The van der Waals surface area contributed by atoms with E-state index in [9.17, 15) is 9.59 Å². The van der Waals surface area contributed by atoms with Crippen LogP contribution in [0.15, 0.2) is 0 Å². The highest BCUT2D eigenvalue weighted by molar-refractivity contribution is 6.05. The summed E-state index contributed by atoms with van der Waals surface area (Å²) < 4.78 is 5.72. The maximum Gasteiger partial charge on any atom is 0.196 e. The van der Waals surface area contributed by atoms with Crippen LogP contribution in [-0.4, -0.2) is 52.8 Å². The number of carbonyl (C=O) groups is 2. The molecule has 1 aromatic rings. The van der Waals surface area contributed by atoms with Gasteiger partial charge in [0.25, 0.3) is 0 Å². The van der Waals surface area contributed by atoms with Gasteiger partial charge in [0.1, 0.15) is 0 Å². The molecule has 0 amide bonds. The lowest BCUT2D eigenvalue weighted by molar-refractivity contribution is -0.0744. The molecule has 1 N–H and O–H groups in total. The second kappa shape index (κ2) is 6.34. The van der Waals surface area contributed by atoms with Crippen molar-refractivity contribution in [2.24, 2.45) is 0 Å². The molecule has 0 bridgehead atoms. The summed E-state index contributed by atoms with van der Waals surface area (Å²) >= 11 is 0. The van der Waals surface area contributed by atoms with Crippen molar-refractivity contribution in [2.75, 3.05) is 13.1 Å². The minimum Gasteiger partial charge on any atom is -0.373 e. The molecule has 1 saturated heterocycles. The summed E-state index contributed by atoms with van der Waals surface area (Å²) in [4.78, 5) is 29.8. The zero-order valence-electron chi connectivity index (χ0n) is 14.3. The number of aromatic nitrogens is 1. The van der Waals surface area contributed by atoms with Gasteiger partial charge in [0.05, 0.1) is 23.9 Å². The van der Waals surface area contributed by atoms with Crippen LogP contribution < -0.4 is 0 Å². The molecule has 22 heavy (non-hydrogen) atoms. The van der Waals surface area contributed by atoms with Crippen molar-refractivity contribution in [3.05, 3.63) is 22.5 Å². The van der Waals surface area contributed by atoms with Gasteiger partial charge in [0, 0.05) is 24.3 Å². The van der Waals surface area contributed by atoms with E-state index in [0.29, 0.717) is 11.3 Å². The molecule has 1 aromatic heterocycles. The van der Waals surface area contributed by atoms with E-state index in [4.69, 9.17) is 4.74 Å². The molecule has 1 aliphatic heterocycles. The van der Waals surface area contributed by atoms with Crippen LogP contribution in [0.4, 0.5) is 0 Å². The Hall–Kier alpha value is -1.46. The summed E-state index contributed by atoms with van der Waals surface area (Å²) in [6.07, 6.45) is 0.247. The molecular formula is C17H26N2O3. The van der Waals surface area contributed by atoms with Gasteiger partial charge in [-0.05, 0) is 47.1 Å². The molecule has 1 fully saturated rings. The first-order valence-corrected chi connectivity index (χ1v) is 7.86. The van der Waals surface area contributed by atoms with Gasteiger partial charge < -0.3 is 9.72 Å². The Balaban J connectivity index is 2.24. The van der Waals surface area contributed by atoms with Crippen molar-refractivity contribution in [3.8, 4) is 0 Å². The number of aromatic amines is 1. The molecule has 0 aliphatic carbocycles. The predicted molar refractivity (Wildman–Crippen MR) is 85.6 cm³/mol. The van der Waals surface area contributed by atoms with Crippen LogP contribution in [0.1, 0.15) is 59.8 Å². The Labute approximate surface area is 132 Å². The van der Waals surface area contributed by atoms with Crippen molar-refractivity contribution in [1.29, 1.82) is 0 Å². The number of nitrogens with zero attached hydrogens (tertiary/aromatic N) is 1. The van der Waals surface area contributed by atoms with E-state index in [-0.39, 0.29) is 29.8 Å². The third-order valence-corrected chi connectivity index (χ3v) is 4.41. The highest BCUT2D eigenvalue weighted by atomic mass is 16.5. The van der Waals surface area contributed by atoms with Crippen LogP contribution in [0, 0.1) is 13.8 Å². The Morgan fingerprint density at radius 2 is 1.77 bits per heavy atom. The lowest BCUT2D eigenvalue weighted by Gasteiger charge is -2.38. The number of morpholine rings is 1. The van der Waals surface area contributed by atoms with Gasteiger partial charge >= 0.3 is 0 Å². The number of Topliss-reactive ketones (excluding diaryl/α,β-unsaturated/α-hetero) is 2. The third kappa shape index (κ3) is 3.15. The first kappa shape index (κ1) is 16.9. The van der Waals surface area contributed by atoms with Crippen LogP contribution in [-0.2, 0) is 4.74 Å². The van der Waals surface area contributed by atoms with Gasteiger partial charge in [-0.15, -0.1) is 0 Å². The molecule has 0 radical (unpaired) electrons. The van der Waals surface area contributed by atoms with Crippen LogP contribution in [0.5, 0.6) is 0 Å². The lowest BCUT2D eigenvalue weighted by Crippen LogP contribution is -2.51. The molecule has 3 atom stereocenters. The molecular weight excluding hydrogens is 280 g/mol. The normalized spacial score (nSPS) is 24.3. The summed E-state index contributed by atoms with van der Waals surface area (Å²) in [5, 5.41) is 0. The predicted octanol–water partition coefficient (Wildman–Crippen LogP) is 2.51. The minimum atomic E-state index is -0.231. The molecule has 5 heteroatoms. The number of carbonyl (C=O) groups excluding carboxylic acids is 2. The molecule has 0 spiro atoms. The first-order chi connectivity index (χ1) is 10.2. The molecule has 2 heterocycles. The SMILES string of the molecule is CC(=O)c1c(C)[nH]c(C(=O)C(C)N2CC(C)OC(C)C2)c1C. The zero-order chi connectivity index (χ0) is 16.6. The number of ketones is 2. The maximum absolute atomic E-state index is 12.8. The van der Waals surface area contributed by atoms with Gasteiger partial charge in [-0.25, -0.2) is 0 Å². The Kier molecular flexibility index (Phi) is 4.87. The molecule has 5 nitrogen and oxygen atoms in total. The van der Waals surface area contributed by atoms with Crippen molar-refractivity contribution in [3.63, 3.8) is 0 Å². The Bertz CT molecular complexity index is 581. The standard InChI is InChI=1S/C17H26N2O3/c1-9-7-19(8-10(2)22-9)13(5)17(21)16-11(3)15(14(6)20)12(4)18-16/h9-10,13,18H,7-8H2,1-6H3. The van der Waals surface area contributed by atoms with E-state index in [2.05, 4.69) is 9.88 Å². The van der Waals surface area contributed by atoms with Gasteiger partial charge in [-0.2, -0.15) is 0 Å². The van der Waals surface area contributed by atoms with Gasteiger partial charge in [0.2, 0.25) is 0 Å². The molecule has 0 aromatic carbocycles. The highest BCUT2D eigenvalue weighted by Crippen LogP contribution is 2.22. The average Bonchev–Trinajstić information content (AvgIpc) is 2.71. The second-order valence-corrected chi connectivity index (χ2v) is 6.43. The van der Waals surface area contributed by atoms with Crippen LogP contribution in [0.25, 0.3) is 0 Å². The number of hydrogen-bond donors (Lipinski definition) is 1. The second-order valence-electron chi connectivity index (χ2n) is 6.43. The summed E-state index contributed by atoms with van der Waals surface area (Å²) in [7, 11) is 0. The number of nitrogens with one attached hydrogen (secondary N) is 1. The number of ether oxygens (including phenoxy) is 1. The topological polar surface area (TPSA) is 62.4 Å². The highest BCUT2D eigenvalue weighted by Gasteiger charge is 2.31. The van der Waals surface area contributed by atoms with E-state index >= 15 is 0 Å². The summed E-state index contributed by atoms with van der Waals surface area (Å²) in [5.41, 5.74) is 2.72. The van der Waals surface area contributed by atoms with Crippen molar-refractivity contribution in [2.45, 2.75) is 59.8 Å².